The van der Waals surface area contributed by atoms with Crippen molar-refractivity contribution >= 4 is 28.8 Å². The van der Waals surface area contributed by atoms with E-state index in [1.807, 2.05) is 36.4 Å². The maximum atomic E-state index is 11.6. The first kappa shape index (κ1) is 13.9. The van der Waals surface area contributed by atoms with Crippen molar-refractivity contribution in [2.75, 3.05) is 0 Å². The molecule has 0 unspecified atom stereocenters. The summed E-state index contributed by atoms with van der Waals surface area (Å²) in [6.07, 6.45) is 1.89. The van der Waals surface area contributed by atoms with Crippen molar-refractivity contribution < 1.29 is 4.79 Å². The molecule has 106 valence electrons. The Morgan fingerprint density at radius 1 is 1.05 bits per heavy atom. The summed E-state index contributed by atoms with van der Waals surface area (Å²) in [6.45, 7) is 1.55. The SMILES string of the molecule is CC(=O)NC1=C(c2ccc(Cl)cc2)CCc2ccccc21. The van der Waals surface area contributed by atoms with Gasteiger partial charge in [-0.1, -0.05) is 48.0 Å². The molecule has 21 heavy (non-hydrogen) atoms. The molecule has 0 heterocycles. The third-order valence-electron chi connectivity index (χ3n) is 3.73. The van der Waals surface area contributed by atoms with Gasteiger partial charge in [-0.3, -0.25) is 4.79 Å². The van der Waals surface area contributed by atoms with E-state index in [1.165, 1.54) is 11.1 Å². The minimum atomic E-state index is -0.0480. The Labute approximate surface area is 129 Å². The van der Waals surface area contributed by atoms with E-state index in [0.717, 1.165) is 34.7 Å². The maximum Gasteiger partial charge on any atom is 0.221 e. The summed E-state index contributed by atoms with van der Waals surface area (Å²) in [4.78, 5) is 11.6. The molecule has 0 atom stereocenters. The lowest BCUT2D eigenvalue weighted by molar-refractivity contribution is -0.117. The van der Waals surface area contributed by atoms with Crippen molar-refractivity contribution in [1.29, 1.82) is 0 Å². The minimum Gasteiger partial charge on any atom is -0.326 e. The fraction of sp³-hybridized carbons (Fsp3) is 0.167. The summed E-state index contributed by atoms with van der Waals surface area (Å²) in [5.41, 5.74) is 5.59. The number of halogens is 1. The molecule has 0 bridgehead atoms. The first-order valence-corrected chi connectivity index (χ1v) is 7.38. The van der Waals surface area contributed by atoms with Crippen LogP contribution in [0.1, 0.15) is 30.0 Å². The highest BCUT2D eigenvalue weighted by molar-refractivity contribution is 6.30. The van der Waals surface area contributed by atoms with Crippen LogP contribution in [0.25, 0.3) is 11.3 Å². The number of aryl methyl sites for hydroxylation is 1. The second-order valence-electron chi connectivity index (χ2n) is 5.20. The number of amides is 1. The monoisotopic (exact) mass is 297 g/mol. The Bertz CT molecular complexity index is 716. The van der Waals surface area contributed by atoms with Crippen LogP contribution in [0.5, 0.6) is 0 Å². The number of hydrogen-bond donors (Lipinski definition) is 1. The van der Waals surface area contributed by atoms with Crippen LogP contribution in [0.15, 0.2) is 48.5 Å². The summed E-state index contributed by atoms with van der Waals surface area (Å²) >= 11 is 5.97. The minimum absolute atomic E-state index is 0.0480. The van der Waals surface area contributed by atoms with E-state index in [-0.39, 0.29) is 5.91 Å². The van der Waals surface area contributed by atoms with Crippen LogP contribution in [0.2, 0.25) is 5.02 Å². The number of rotatable bonds is 2. The third kappa shape index (κ3) is 2.86. The van der Waals surface area contributed by atoms with Gasteiger partial charge < -0.3 is 5.32 Å². The molecule has 2 aromatic carbocycles. The predicted molar refractivity (Wildman–Crippen MR) is 86.8 cm³/mol. The molecule has 1 amide bonds. The second kappa shape index (κ2) is 5.74. The van der Waals surface area contributed by atoms with Gasteiger partial charge in [-0.2, -0.15) is 0 Å². The first-order chi connectivity index (χ1) is 10.1. The first-order valence-electron chi connectivity index (χ1n) is 7.00. The van der Waals surface area contributed by atoms with Crippen molar-refractivity contribution in [3.63, 3.8) is 0 Å². The summed E-state index contributed by atoms with van der Waals surface area (Å²) in [6, 6.07) is 16.0. The molecule has 1 N–H and O–H groups in total. The molecule has 0 radical (unpaired) electrons. The van der Waals surface area contributed by atoms with E-state index in [9.17, 15) is 4.79 Å². The summed E-state index contributed by atoms with van der Waals surface area (Å²) in [7, 11) is 0. The molecule has 1 aliphatic rings. The highest BCUT2D eigenvalue weighted by atomic mass is 35.5. The van der Waals surface area contributed by atoms with Crippen LogP contribution >= 0.6 is 11.6 Å². The van der Waals surface area contributed by atoms with Gasteiger partial charge in [-0.15, -0.1) is 0 Å². The Morgan fingerprint density at radius 2 is 1.76 bits per heavy atom. The number of allylic oxidation sites excluding steroid dienone is 1. The van der Waals surface area contributed by atoms with Gasteiger partial charge in [0.25, 0.3) is 0 Å². The van der Waals surface area contributed by atoms with Crippen LogP contribution in [-0.2, 0) is 11.2 Å². The van der Waals surface area contributed by atoms with Gasteiger partial charge in [0.1, 0.15) is 0 Å². The number of carbonyl (C=O) groups is 1. The quantitative estimate of drug-likeness (QED) is 0.880. The zero-order chi connectivity index (χ0) is 14.8. The van der Waals surface area contributed by atoms with Gasteiger partial charge in [0, 0.05) is 17.5 Å². The molecule has 2 aromatic rings. The highest BCUT2D eigenvalue weighted by Crippen LogP contribution is 2.35. The second-order valence-corrected chi connectivity index (χ2v) is 5.64. The largest absolute Gasteiger partial charge is 0.326 e. The normalized spacial score (nSPS) is 13.8. The Morgan fingerprint density at radius 3 is 2.48 bits per heavy atom. The van der Waals surface area contributed by atoms with Crippen LogP contribution < -0.4 is 5.32 Å². The lowest BCUT2D eigenvalue weighted by Crippen LogP contribution is -2.22. The van der Waals surface area contributed by atoms with Crippen molar-refractivity contribution in [1.82, 2.24) is 5.32 Å². The van der Waals surface area contributed by atoms with Gasteiger partial charge in [-0.05, 0) is 41.7 Å². The Balaban J connectivity index is 2.15. The molecule has 0 saturated carbocycles. The Kier molecular flexibility index (Phi) is 3.80. The molecule has 0 aliphatic heterocycles. The average molecular weight is 298 g/mol. The number of carbonyl (C=O) groups excluding carboxylic acids is 1. The van der Waals surface area contributed by atoms with E-state index in [2.05, 4.69) is 17.4 Å². The summed E-state index contributed by atoms with van der Waals surface area (Å²) in [5.74, 6) is -0.0480. The molecule has 0 aromatic heterocycles. The van der Waals surface area contributed by atoms with E-state index in [0.29, 0.717) is 0 Å². The molecule has 3 rings (SSSR count). The van der Waals surface area contributed by atoms with Gasteiger partial charge in [0.05, 0.1) is 5.70 Å². The molecule has 0 saturated heterocycles. The van der Waals surface area contributed by atoms with E-state index < -0.39 is 0 Å². The standard InChI is InChI=1S/C18H16ClNO/c1-12(21)20-18-16-5-3-2-4-13(16)8-11-17(18)14-6-9-15(19)10-7-14/h2-7,9-10H,8,11H2,1H3,(H,20,21). The number of benzene rings is 2. The lowest BCUT2D eigenvalue weighted by Gasteiger charge is -2.24. The zero-order valence-electron chi connectivity index (χ0n) is 11.8. The maximum absolute atomic E-state index is 11.6. The van der Waals surface area contributed by atoms with Crippen molar-refractivity contribution in [3.05, 3.63) is 70.2 Å². The topological polar surface area (TPSA) is 29.1 Å². The third-order valence-corrected chi connectivity index (χ3v) is 3.98. The predicted octanol–water partition coefficient (Wildman–Crippen LogP) is 4.29. The van der Waals surface area contributed by atoms with Crippen LogP contribution in [0.4, 0.5) is 0 Å². The molecule has 0 fully saturated rings. The van der Waals surface area contributed by atoms with Gasteiger partial charge in [-0.25, -0.2) is 0 Å². The molecular formula is C18H16ClNO. The van der Waals surface area contributed by atoms with Crippen molar-refractivity contribution in [3.8, 4) is 0 Å². The zero-order valence-corrected chi connectivity index (χ0v) is 12.6. The molecule has 0 spiro atoms. The smallest absolute Gasteiger partial charge is 0.221 e. The number of hydrogen-bond acceptors (Lipinski definition) is 1. The van der Waals surface area contributed by atoms with E-state index >= 15 is 0 Å². The Hall–Kier alpha value is -2.06. The number of fused-ring (bicyclic) bond motifs is 1. The van der Waals surface area contributed by atoms with Gasteiger partial charge in [0.2, 0.25) is 5.91 Å². The van der Waals surface area contributed by atoms with E-state index in [1.54, 1.807) is 6.92 Å². The fourth-order valence-corrected chi connectivity index (χ4v) is 2.91. The molecule has 2 nitrogen and oxygen atoms in total. The van der Waals surface area contributed by atoms with E-state index in [4.69, 9.17) is 11.6 Å². The molecular weight excluding hydrogens is 282 g/mol. The van der Waals surface area contributed by atoms with Crippen LogP contribution in [-0.4, -0.2) is 5.91 Å². The summed E-state index contributed by atoms with van der Waals surface area (Å²) < 4.78 is 0. The van der Waals surface area contributed by atoms with Crippen LogP contribution in [0.3, 0.4) is 0 Å². The van der Waals surface area contributed by atoms with Crippen molar-refractivity contribution in [2.24, 2.45) is 0 Å². The molecule has 1 aliphatic carbocycles. The number of nitrogens with one attached hydrogen (secondary N) is 1. The van der Waals surface area contributed by atoms with Crippen molar-refractivity contribution in [2.45, 2.75) is 19.8 Å². The lowest BCUT2D eigenvalue weighted by atomic mass is 9.86. The summed E-state index contributed by atoms with van der Waals surface area (Å²) in [5, 5.41) is 3.73. The van der Waals surface area contributed by atoms with Gasteiger partial charge in [0.15, 0.2) is 0 Å². The van der Waals surface area contributed by atoms with Crippen LogP contribution in [0, 0.1) is 0 Å². The average Bonchev–Trinajstić information content (AvgIpc) is 2.48. The fourth-order valence-electron chi connectivity index (χ4n) is 2.79. The highest BCUT2D eigenvalue weighted by Gasteiger charge is 2.20. The van der Waals surface area contributed by atoms with Gasteiger partial charge >= 0.3 is 0 Å². The molecule has 3 heteroatoms.